The number of sulfonamides is 1. The predicted octanol–water partition coefficient (Wildman–Crippen LogP) is 3.00. The van der Waals surface area contributed by atoms with Gasteiger partial charge in [-0.05, 0) is 37.6 Å². The van der Waals surface area contributed by atoms with Gasteiger partial charge in [0.05, 0.1) is 4.90 Å². The summed E-state index contributed by atoms with van der Waals surface area (Å²) in [6.07, 6.45) is 2.60. The third-order valence-electron chi connectivity index (χ3n) is 3.02. The summed E-state index contributed by atoms with van der Waals surface area (Å²) in [4.78, 5) is 4.19. The molecule has 2 N–H and O–H groups in total. The third kappa shape index (κ3) is 4.26. The molecule has 5 nitrogen and oxygen atoms in total. The lowest BCUT2D eigenvalue weighted by molar-refractivity contribution is 0.569. The predicted molar refractivity (Wildman–Crippen MR) is 86.1 cm³/mol. The van der Waals surface area contributed by atoms with E-state index in [9.17, 15) is 8.42 Å². The lowest BCUT2D eigenvalue weighted by Gasteiger charge is -2.15. The van der Waals surface area contributed by atoms with Gasteiger partial charge in [-0.2, -0.15) is 0 Å². The molecule has 0 aliphatic heterocycles. The Labute approximate surface area is 129 Å². The molecule has 1 heterocycles. The summed E-state index contributed by atoms with van der Waals surface area (Å²) in [6.45, 7) is 5.02. The number of nitrogens with zero attached hydrogens (tertiary/aromatic N) is 1. The average Bonchev–Trinajstić information content (AvgIpc) is 2.97. The smallest absolute Gasteiger partial charge is 0.263 e. The molecule has 0 bridgehead atoms. The second kappa shape index (κ2) is 7.02. The number of thiazole rings is 1. The number of hydrogen-bond donors (Lipinski definition) is 2. The summed E-state index contributed by atoms with van der Waals surface area (Å²) in [6, 6.07) is 7.08. The monoisotopic (exact) mass is 325 g/mol. The van der Waals surface area contributed by atoms with Crippen LogP contribution in [0.3, 0.4) is 0 Å². The molecule has 0 aliphatic rings. The van der Waals surface area contributed by atoms with E-state index in [1.165, 1.54) is 11.3 Å². The van der Waals surface area contributed by atoms with Crippen LogP contribution in [0.5, 0.6) is 0 Å². The molecule has 1 unspecified atom stereocenters. The largest absolute Gasteiger partial charge is 0.310 e. The maximum Gasteiger partial charge on any atom is 0.263 e. The van der Waals surface area contributed by atoms with Crippen LogP contribution in [-0.4, -0.2) is 19.9 Å². The van der Waals surface area contributed by atoms with Gasteiger partial charge in [-0.1, -0.05) is 19.1 Å². The normalized spacial score (nSPS) is 13.0. The van der Waals surface area contributed by atoms with E-state index in [0.717, 1.165) is 18.5 Å². The number of aromatic nitrogens is 1. The Hall–Kier alpha value is -1.44. The van der Waals surface area contributed by atoms with Gasteiger partial charge < -0.3 is 5.32 Å². The van der Waals surface area contributed by atoms with Gasteiger partial charge in [-0.15, -0.1) is 11.3 Å². The Morgan fingerprint density at radius 3 is 2.86 bits per heavy atom. The van der Waals surface area contributed by atoms with Gasteiger partial charge in [0.15, 0.2) is 5.13 Å². The van der Waals surface area contributed by atoms with Crippen LogP contribution in [0.4, 0.5) is 5.13 Å². The third-order valence-corrected chi connectivity index (χ3v) is 5.18. The zero-order valence-corrected chi connectivity index (χ0v) is 13.7. The fraction of sp³-hybridized carbons (Fsp3) is 0.357. The van der Waals surface area contributed by atoms with E-state index in [4.69, 9.17) is 0 Å². The Morgan fingerprint density at radius 2 is 2.19 bits per heavy atom. The number of anilines is 1. The van der Waals surface area contributed by atoms with Gasteiger partial charge in [-0.25, -0.2) is 13.4 Å². The first kappa shape index (κ1) is 15.9. The van der Waals surface area contributed by atoms with Crippen LogP contribution in [0, 0.1) is 0 Å². The average molecular weight is 325 g/mol. The van der Waals surface area contributed by atoms with Crippen molar-refractivity contribution in [1.29, 1.82) is 0 Å². The first-order chi connectivity index (χ1) is 10.0. The topological polar surface area (TPSA) is 71.1 Å². The number of hydrogen-bond acceptors (Lipinski definition) is 5. The van der Waals surface area contributed by atoms with Gasteiger partial charge >= 0.3 is 0 Å². The molecule has 0 saturated heterocycles. The van der Waals surface area contributed by atoms with Crippen molar-refractivity contribution in [3.8, 4) is 0 Å². The van der Waals surface area contributed by atoms with E-state index >= 15 is 0 Å². The fourth-order valence-corrected chi connectivity index (χ4v) is 3.72. The highest BCUT2D eigenvalue weighted by Crippen LogP contribution is 2.21. The van der Waals surface area contributed by atoms with Crippen molar-refractivity contribution in [2.45, 2.75) is 31.2 Å². The molecule has 0 amide bonds. The molecule has 1 aromatic heterocycles. The van der Waals surface area contributed by atoms with E-state index in [1.54, 1.807) is 29.8 Å². The minimum absolute atomic E-state index is 0.111. The van der Waals surface area contributed by atoms with E-state index in [-0.39, 0.29) is 10.9 Å². The van der Waals surface area contributed by atoms with Crippen molar-refractivity contribution in [2.75, 3.05) is 11.3 Å². The molecule has 0 fully saturated rings. The Morgan fingerprint density at radius 1 is 1.38 bits per heavy atom. The summed E-state index contributed by atoms with van der Waals surface area (Å²) in [5.74, 6) is 0. The molecule has 1 aromatic carbocycles. The molecule has 7 heteroatoms. The van der Waals surface area contributed by atoms with Crippen molar-refractivity contribution in [1.82, 2.24) is 10.3 Å². The van der Waals surface area contributed by atoms with E-state index in [0.29, 0.717) is 5.13 Å². The maximum atomic E-state index is 12.3. The summed E-state index contributed by atoms with van der Waals surface area (Å²) >= 11 is 1.25. The van der Waals surface area contributed by atoms with Crippen LogP contribution in [0.1, 0.15) is 31.9 Å². The minimum atomic E-state index is -3.59. The Kier molecular flexibility index (Phi) is 5.33. The van der Waals surface area contributed by atoms with Crippen LogP contribution in [-0.2, 0) is 10.0 Å². The lowest BCUT2D eigenvalue weighted by atomic mass is 10.1. The minimum Gasteiger partial charge on any atom is -0.310 e. The second-order valence-corrected chi connectivity index (χ2v) is 7.27. The lowest BCUT2D eigenvalue weighted by Crippen LogP contribution is -2.20. The van der Waals surface area contributed by atoms with E-state index < -0.39 is 10.0 Å². The zero-order chi connectivity index (χ0) is 15.3. The zero-order valence-electron chi connectivity index (χ0n) is 12.0. The van der Waals surface area contributed by atoms with Crippen molar-refractivity contribution < 1.29 is 8.42 Å². The molecule has 0 spiro atoms. The molecule has 1 atom stereocenters. The van der Waals surface area contributed by atoms with Crippen molar-refractivity contribution >= 4 is 26.5 Å². The molecule has 2 aromatic rings. The van der Waals surface area contributed by atoms with Gasteiger partial charge in [0, 0.05) is 17.6 Å². The molecule has 114 valence electrons. The van der Waals surface area contributed by atoms with Crippen LogP contribution >= 0.6 is 11.3 Å². The van der Waals surface area contributed by atoms with Crippen LogP contribution in [0.2, 0.25) is 0 Å². The van der Waals surface area contributed by atoms with Crippen LogP contribution in [0.25, 0.3) is 0 Å². The molecular formula is C14H19N3O2S2. The quantitative estimate of drug-likeness (QED) is 0.821. The molecule has 2 rings (SSSR count). The first-order valence-corrected chi connectivity index (χ1v) is 9.15. The van der Waals surface area contributed by atoms with Crippen molar-refractivity contribution in [3.05, 3.63) is 41.4 Å². The van der Waals surface area contributed by atoms with Gasteiger partial charge in [-0.3, -0.25) is 4.72 Å². The molecule has 0 aliphatic carbocycles. The van der Waals surface area contributed by atoms with Crippen LogP contribution in [0.15, 0.2) is 40.7 Å². The number of nitrogens with one attached hydrogen (secondary N) is 2. The molecule has 0 radical (unpaired) electrons. The molecular weight excluding hydrogens is 306 g/mol. The van der Waals surface area contributed by atoms with Gasteiger partial charge in [0.1, 0.15) is 0 Å². The highest BCUT2D eigenvalue weighted by molar-refractivity contribution is 7.93. The summed E-state index contributed by atoms with van der Waals surface area (Å²) in [7, 11) is -3.59. The summed E-state index contributed by atoms with van der Waals surface area (Å²) in [5.41, 5.74) is 0.950. The van der Waals surface area contributed by atoms with Crippen molar-refractivity contribution in [3.63, 3.8) is 0 Å². The Bertz CT molecular complexity index is 669. The van der Waals surface area contributed by atoms with E-state index in [2.05, 4.69) is 21.9 Å². The summed E-state index contributed by atoms with van der Waals surface area (Å²) < 4.78 is 27.1. The summed E-state index contributed by atoms with van der Waals surface area (Å²) in [5, 5.41) is 5.45. The highest BCUT2D eigenvalue weighted by atomic mass is 32.2. The van der Waals surface area contributed by atoms with E-state index in [1.807, 2.05) is 13.0 Å². The Balaban J connectivity index is 2.20. The van der Waals surface area contributed by atoms with Crippen LogP contribution < -0.4 is 10.0 Å². The molecule has 0 saturated carbocycles. The first-order valence-electron chi connectivity index (χ1n) is 6.78. The SMILES string of the molecule is CCCNC(C)c1cccc(S(=O)(=O)Nc2nccs2)c1. The second-order valence-electron chi connectivity index (χ2n) is 4.69. The van der Waals surface area contributed by atoms with Crippen molar-refractivity contribution in [2.24, 2.45) is 0 Å². The number of benzene rings is 1. The van der Waals surface area contributed by atoms with Gasteiger partial charge in [0.25, 0.3) is 10.0 Å². The van der Waals surface area contributed by atoms with Gasteiger partial charge in [0.2, 0.25) is 0 Å². The standard InChI is InChI=1S/C14H19N3O2S2/c1-3-7-15-11(2)12-5-4-6-13(10-12)21(18,19)17-14-16-8-9-20-14/h4-6,8-11,15H,3,7H2,1-2H3,(H,16,17). The molecule has 21 heavy (non-hydrogen) atoms. The highest BCUT2D eigenvalue weighted by Gasteiger charge is 2.17. The maximum absolute atomic E-state index is 12.3. The number of rotatable bonds is 7. The fourth-order valence-electron chi connectivity index (χ4n) is 1.88.